The fourth-order valence-corrected chi connectivity index (χ4v) is 7.08. The van der Waals surface area contributed by atoms with Crippen LogP contribution in [0.2, 0.25) is 0 Å². The number of hydrogen-bond donors (Lipinski definition) is 2. The molecule has 2 aliphatic rings. The molecule has 0 spiro atoms. The number of unbranched alkanes of at least 4 members (excludes halogenated alkanes) is 2. The third-order valence-corrected chi connectivity index (χ3v) is 9.38. The number of nitrogens with zero attached hydrogens (tertiary/aromatic N) is 2. The molecular formula is C38H34B2F2N4. The predicted molar refractivity (Wildman–Crippen MR) is 189 cm³/mol. The van der Waals surface area contributed by atoms with Gasteiger partial charge in [-0.1, -0.05) is 51.0 Å². The molecule has 0 aliphatic carbocycles. The van der Waals surface area contributed by atoms with E-state index in [0.717, 1.165) is 106 Å². The SMILES string of the molecule is CCCCc1ccc(-n2c3c(c4c2c2c(n4-c4ccc(CCCC)cc4)-c4cc(F)ccc4N[B]2)[B]Nc2ccc(F)cc2-3)cc1. The van der Waals surface area contributed by atoms with Gasteiger partial charge in [0.05, 0.1) is 22.4 Å². The molecule has 46 heavy (non-hydrogen) atoms. The van der Waals surface area contributed by atoms with E-state index in [1.54, 1.807) is 24.3 Å². The summed E-state index contributed by atoms with van der Waals surface area (Å²) in [5.41, 5.74) is 13.6. The number of hydrogen-bond acceptors (Lipinski definition) is 2. The molecule has 0 saturated carbocycles. The Morgan fingerprint density at radius 2 is 0.978 bits per heavy atom. The minimum atomic E-state index is -0.286. The van der Waals surface area contributed by atoms with Crippen molar-refractivity contribution in [2.75, 3.05) is 10.5 Å². The summed E-state index contributed by atoms with van der Waals surface area (Å²) in [5, 5.41) is 6.90. The normalized spacial score (nSPS) is 12.7. The highest BCUT2D eigenvalue weighted by atomic mass is 19.1. The van der Waals surface area contributed by atoms with Crippen molar-refractivity contribution >= 4 is 48.2 Å². The van der Waals surface area contributed by atoms with Crippen molar-refractivity contribution in [3.63, 3.8) is 0 Å². The van der Waals surface area contributed by atoms with Crippen LogP contribution in [0.4, 0.5) is 20.2 Å². The van der Waals surface area contributed by atoms with E-state index in [9.17, 15) is 8.78 Å². The Bertz CT molecular complexity index is 1940. The quantitative estimate of drug-likeness (QED) is 0.172. The molecular weight excluding hydrogens is 572 g/mol. The van der Waals surface area contributed by atoms with Gasteiger partial charge in [0.2, 0.25) is 0 Å². The smallest absolute Gasteiger partial charge is 0.287 e. The van der Waals surface area contributed by atoms with E-state index < -0.39 is 0 Å². The van der Waals surface area contributed by atoms with Gasteiger partial charge in [-0.2, -0.15) is 0 Å². The molecule has 0 amide bonds. The van der Waals surface area contributed by atoms with Crippen molar-refractivity contribution in [1.29, 1.82) is 0 Å². The predicted octanol–water partition coefficient (Wildman–Crippen LogP) is 8.06. The third kappa shape index (κ3) is 4.65. The number of anilines is 2. The number of rotatable bonds is 8. The summed E-state index contributed by atoms with van der Waals surface area (Å²) in [4.78, 5) is 0. The fraction of sp³-hybridized carbons (Fsp3) is 0.211. The van der Waals surface area contributed by atoms with Crippen LogP contribution < -0.4 is 21.4 Å². The molecule has 2 radical (unpaired) electrons. The maximum absolute atomic E-state index is 14.9. The first-order valence-corrected chi connectivity index (χ1v) is 16.4. The van der Waals surface area contributed by atoms with E-state index in [-0.39, 0.29) is 11.6 Å². The topological polar surface area (TPSA) is 33.9 Å². The lowest BCUT2D eigenvalue weighted by atomic mass is 9.75. The molecule has 2 aliphatic heterocycles. The molecule has 4 aromatic carbocycles. The van der Waals surface area contributed by atoms with Crippen LogP contribution in [0.3, 0.4) is 0 Å². The van der Waals surface area contributed by atoms with Gasteiger partial charge in [0.1, 0.15) is 11.6 Å². The highest BCUT2D eigenvalue weighted by molar-refractivity contribution is 6.68. The van der Waals surface area contributed by atoms with Gasteiger partial charge in [-0.3, -0.25) is 0 Å². The average Bonchev–Trinajstić information content (AvgIpc) is 3.60. The second kappa shape index (κ2) is 11.6. The summed E-state index contributed by atoms with van der Waals surface area (Å²) in [7, 11) is 4.06. The van der Waals surface area contributed by atoms with Crippen LogP contribution in [0, 0.1) is 11.6 Å². The van der Waals surface area contributed by atoms with E-state index in [1.165, 1.54) is 23.3 Å². The Morgan fingerprint density at radius 1 is 0.565 bits per heavy atom. The monoisotopic (exact) mass is 606 g/mol. The Labute approximate surface area is 270 Å². The maximum atomic E-state index is 14.9. The largest absolute Gasteiger partial charge is 0.427 e. The van der Waals surface area contributed by atoms with Gasteiger partial charge in [0.25, 0.3) is 14.8 Å². The van der Waals surface area contributed by atoms with Crippen LogP contribution in [-0.2, 0) is 12.8 Å². The maximum Gasteiger partial charge on any atom is 0.287 e. The van der Waals surface area contributed by atoms with Gasteiger partial charge >= 0.3 is 0 Å². The van der Waals surface area contributed by atoms with Crippen LogP contribution in [0.25, 0.3) is 44.9 Å². The first-order valence-electron chi connectivity index (χ1n) is 16.4. The number of halogens is 2. The second-order valence-electron chi connectivity index (χ2n) is 12.4. The van der Waals surface area contributed by atoms with Crippen molar-refractivity contribution < 1.29 is 8.78 Å². The Balaban J connectivity index is 1.46. The molecule has 0 saturated heterocycles. The molecule has 226 valence electrons. The summed E-state index contributed by atoms with van der Waals surface area (Å²) in [6, 6.07) is 27.3. The van der Waals surface area contributed by atoms with Gasteiger partial charge in [-0.15, -0.1) is 0 Å². The molecule has 0 atom stereocenters. The van der Waals surface area contributed by atoms with Crippen LogP contribution in [0.5, 0.6) is 0 Å². The number of benzene rings is 4. The van der Waals surface area contributed by atoms with Gasteiger partial charge in [0, 0.05) is 33.9 Å². The van der Waals surface area contributed by atoms with E-state index in [0.29, 0.717) is 0 Å². The summed E-state index contributed by atoms with van der Waals surface area (Å²) in [6.07, 6.45) is 6.62. The molecule has 2 N–H and O–H groups in total. The Hall–Kier alpha value is -4.71. The zero-order chi connectivity index (χ0) is 31.4. The summed E-state index contributed by atoms with van der Waals surface area (Å²) < 4.78 is 34.4. The first-order chi connectivity index (χ1) is 22.6. The molecule has 6 aromatic rings. The van der Waals surface area contributed by atoms with Gasteiger partial charge in [0.15, 0.2) is 0 Å². The highest BCUT2D eigenvalue weighted by Gasteiger charge is 2.35. The second-order valence-corrected chi connectivity index (χ2v) is 12.4. The molecule has 4 heterocycles. The van der Waals surface area contributed by atoms with Gasteiger partial charge < -0.3 is 19.6 Å². The lowest BCUT2D eigenvalue weighted by Crippen LogP contribution is -2.32. The molecule has 4 nitrogen and oxygen atoms in total. The molecule has 0 unspecified atom stereocenters. The molecule has 0 bridgehead atoms. The van der Waals surface area contributed by atoms with Crippen LogP contribution in [0.15, 0.2) is 84.9 Å². The summed E-state index contributed by atoms with van der Waals surface area (Å²) in [5.74, 6) is -0.572. The van der Waals surface area contributed by atoms with Crippen molar-refractivity contribution in [2.45, 2.75) is 52.4 Å². The summed E-state index contributed by atoms with van der Waals surface area (Å²) in [6.45, 7) is 4.42. The Morgan fingerprint density at radius 3 is 1.37 bits per heavy atom. The Kier molecular flexibility index (Phi) is 7.23. The van der Waals surface area contributed by atoms with E-state index in [1.807, 2.05) is 14.8 Å². The fourth-order valence-electron chi connectivity index (χ4n) is 7.08. The van der Waals surface area contributed by atoms with E-state index in [4.69, 9.17) is 0 Å². The zero-order valence-electron chi connectivity index (χ0n) is 26.1. The molecule has 2 aromatic heterocycles. The lowest BCUT2D eigenvalue weighted by Gasteiger charge is -2.25. The van der Waals surface area contributed by atoms with Gasteiger partial charge in [-0.25, -0.2) is 8.78 Å². The average molecular weight is 606 g/mol. The minimum absolute atomic E-state index is 0.286. The summed E-state index contributed by atoms with van der Waals surface area (Å²) >= 11 is 0. The number of aryl methyl sites for hydroxylation is 2. The number of aromatic nitrogens is 2. The zero-order valence-corrected chi connectivity index (χ0v) is 26.1. The standard InChI is InChI=1S/C38H34B2F2N4/c1-3-5-7-23-9-15-27(16-10-23)45-35-29-21-25(41)13-19-31(29)43-39-33(35)38-37(45)34-36(30-22-26(42)14-20-32(30)44-40-34)46(38)28-17-11-24(12-18-28)8-6-4-2/h9-22,43-44H,3-8H2,1-2H3. The van der Waals surface area contributed by atoms with Crippen molar-refractivity contribution in [3.8, 4) is 33.9 Å². The molecule has 8 rings (SSSR count). The number of fused-ring (bicyclic) bond motifs is 9. The van der Waals surface area contributed by atoms with E-state index >= 15 is 0 Å². The van der Waals surface area contributed by atoms with E-state index in [2.05, 4.69) is 82.0 Å². The van der Waals surface area contributed by atoms with Gasteiger partial charge in [-0.05, 0) is 108 Å². The lowest BCUT2D eigenvalue weighted by molar-refractivity contribution is 0.628. The highest BCUT2D eigenvalue weighted by Crippen LogP contribution is 2.42. The van der Waals surface area contributed by atoms with Crippen molar-refractivity contribution in [2.24, 2.45) is 0 Å². The van der Waals surface area contributed by atoms with Crippen molar-refractivity contribution in [3.05, 3.63) is 108 Å². The molecule has 0 fully saturated rings. The molecule has 8 heteroatoms. The van der Waals surface area contributed by atoms with Crippen LogP contribution >= 0.6 is 0 Å². The van der Waals surface area contributed by atoms with Crippen molar-refractivity contribution in [1.82, 2.24) is 9.13 Å². The van der Waals surface area contributed by atoms with Crippen LogP contribution in [0.1, 0.15) is 50.7 Å². The van der Waals surface area contributed by atoms with Crippen LogP contribution in [-0.4, -0.2) is 24.0 Å². The number of nitrogens with one attached hydrogen (secondary N) is 2. The third-order valence-electron chi connectivity index (χ3n) is 9.38. The minimum Gasteiger partial charge on any atom is -0.427 e. The first kappa shape index (κ1) is 28.7.